The van der Waals surface area contributed by atoms with E-state index in [0.717, 1.165) is 28.9 Å². The first-order valence-electron chi connectivity index (χ1n) is 8.84. The zero-order valence-corrected chi connectivity index (χ0v) is 17.0. The molecule has 1 N–H and O–H groups in total. The second-order valence-corrected chi connectivity index (χ2v) is 9.65. The Labute approximate surface area is 166 Å². The average Bonchev–Trinajstić information content (AvgIpc) is 3.08. The number of carbonyl (C=O) groups is 1. The minimum Gasteiger partial charge on any atom is -0.351 e. The van der Waals surface area contributed by atoms with Crippen LogP contribution < -0.4 is 5.32 Å². The highest BCUT2D eigenvalue weighted by molar-refractivity contribution is 7.88. The molecule has 1 saturated heterocycles. The van der Waals surface area contributed by atoms with Gasteiger partial charge in [-0.1, -0.05) is 0 Å². The zero-order chi connectivity index (χ0) is 20.3. The van der Waals surface area contributed by atoms with Gasteiger partial charge in [0.15, 0.2) is 0 Å². The van der Waals surface area contributed by atoms with E-state index < -0.39 is 27.4 Å². The molecule has 6 nitrogen and oxygen atoms in total. The van der Waals surface area contributed by atoms with Crippen LogP contribution in [-0.4, -0.2) is 36.7 Å². The van der Waals surface area contributed by atoms with Crippen LogP contribution in [0.4, 0.5) is 8.78 Å². The fourth-order valence-electron chi connectivity index (χ4n) is 3.18. The van der Waals surface area contributed by atoms with E-state index in [1.54, 1.807) is 0 Å². The molecule has 0 atom stereocenters. The van der Waals surface area contributed by atoms with Crippen LogP contribution in [0.15, 0.2) is 23.6 Å². The molecule has 0 spiro atoms. The molecular weight excluding hydrogens is 408 g/mol. The Morgan fingerprint density at radius 3 is 2.50 bits per heavy atom. The van der Waals surface area contributed by atoms with E-state index in [2.05, 4.69) is 10.3 Å². The monoisotopic (exact) mass is 429 g/mol. The van der Waals surface area contributed by atoms with Crippen molar-refractivity contribution >= 4 is 27.3 Å². The average molecular weight is 430 g/mol. The van der Waals surface area contributed by atoms with Crippen molar-refractivity contribution in [1.29, 1.82) is 0 Å². The number of carbonyl (C=O) groups excluding carboxylic acids is 1. The second kappa shape index (κ2) is 8.62. The van der Waals surface area contributed by atoms with Gasteiger partial charge in [0.2, 0.25) is 15.9 Å². The highest BCUT2D eigenvalue weighted by atomic mass is 32.2. The minimum atomic E-state index is -3.65. The largest absolute Gasteiger partial charge is 0.351 e. The van der Waals surface area contributed by atoms with Gasteiger partial charge in [0.25, 0.3) is 0 Å². The number of amides is 1. The predicted octanol–water partition coefficient (Wildman–Crippen LogP) is 2.77. The molecule has 0 radical (unpaired) electrons. The zero-order valence-electron chi connectivity index (χ0n) is 15.3. The number of benzene rings is 1. The molecule has 1 aliphatic heterocycles. The number of hydrogen-bond acceptors (Lipinski definition) is 5. The second-order valence-electron chi connectivity index (χ2n) is 6.79. The predicted molar refractivity (Wildman–Crippen MR) is 102 cm³/mol. The third-order valence-corrected chi connectivity index (χ3v) is 7.46. The number of nitrogens with zero attached hydrogens (tertiary/aromatic N) is 2. The first-order chi connectivity index (χ1) is 13.2. The summed E-state index contributed by atoms with van der Waals surface area (Å²) in [4.78, 5) is 15.5. The van der Waals surface area contributed by atoms with E-state index in [1.165, 1.54) is 22.6 Å². The van der Waals surface area contributed by atoms with Crippen LogP contribution in [0.2, 0.25) is 0 Å². The molecule has 0 saturated carbocycles. The molecule has 1 amide bonds. The SMILES string of the molecule is CC(=O)NCc1csc(C2CCN(S(=O)(=O)Cc3cc(F)cc(F)c3)CC2)n1. The highest BCUT2D eigenvalue weighted by Gasteiger charge is 2.30. The number of piperidine rings is 1. The van der Waals surface area contributed by atoms with Gasteiger partial charge in [-0.2, -0.15) is 0 Å². The van der Waals surface area contributed by atoms with Gasteiger partial charge in [0.05, 0.1) is 23.0 Å². The number of halogens is 2. The molecule has 2 heterocycles. The summed E-state index contributed by atoms with van der Waals surface area (Å²) in [5.74, 6) is -1.96. The van der Waals surface area contributed by atoms with Crippen molar-refractivity contribution < 1.29 is 22.0 Å². The van der Waals surface area contributed by atoms with Gasteiger partial charge in [0.1, 0.15) is 11.6 Å². The molecule has 3 rings (SSSR count). The van der Waals surface area contributed by atoms with E-state index in [0.29, 0.717) is 32.5 Å². The van der Waals surface area contributed by atoms with Crippen molar-refractivity contribution in [2.24, 2.45) is 0 Å². The molecule has 1 aliphatic rings. The number of aromatic nitrogens is 1. The molecule has 0 aliphatic carbocycles. The third kappa shape index (κ3) is 5.33. The Bertz CT molecular complexity index is 934. The van der Waals surface area contributed by atoms with Gasteiger partial charge >= 0.3 is 0 Å². The molecule has 0 bridgehead atoms. The number of nitrogens with one attached hydrogen (secondary N) is 1. The summed E-state index contributed by atoms with van der Waals surface area (Å²) in [5.41, 5.74) is 0.889. The molecular formula is C18H21F2N3O3S2. The standard InChI is InChI=1S/C18H21F2N3O3S2/c1-12(24)21-9-17-10-27-18(22-17)14-2-4-23(5-3-14)28(25,26)11-13-6-15(19)8-16(20)7-13/h6-8,10,14H,2-5,9,11H2,1H3,(H,21,24). The maximum Gasteiger partial charge on any atom is 0.218 e. The maximum absolute atomic E-state index is 13.3. The summed E-state index contributed by atoms with van der Waals surface area (Å²) < 4.78 is 53.2. The highest BCUT2D eigenvalue weighted by Crippen LogP contribution is 2.31. The Balaban J connectivity index is 1.59. The molecule has 1 aromatic heterocycles. The summed E-state index contributed by atoms with van der Waals surface area (Å²) in [6, 6.07) is 2.80. The Kier molecular flexibility index (Phi) is 6.41. The summed E-state index contributed by atoms with van der Waals surface area (Å²) in [7, 11) is -3.65. The summed E-state index contributed by atoms with van der Waals surface area (Å²) in [6.45, 7) is 2.50. The Morgan fingerprint density at radius 1 is 1.25 bits per heavy atom. The van der Waals surface area contributed by atoms with Crippen molar-refractivity contribution in [1.82, 2.24) is 14.6 Å². The van der Waals surface area contributed by atoms with Gasteiger partial charge in [-0.15, -0.1) is 11.3 Å². The lowest BCUT2D eigenvalue weighted by Crippen LogP contribution is -2.38. The van der Waals surface area contributed by atoms with Crippen LogP contribution in [-0.2, 0) is 27.1 Å². The van der Waals surface area contributed by atoms with Crippen molar-refractivity contribution in [2.45, 2.75) is 38.0 Å². The molecule has 1 aromatic carbocycles. The fraction of sp³-hybridized carbons (Fsp3) is 0.444. The third-order valence-electron chi connectivity index (χ3n) is 4.56. The number of thiazole rings is 1. The van der Waals surface area contributed by atoms with Crippen LogP contribution in [0.5, 0.6) is 0 Å². The van der Waals surface area contributed by atoms with Gasteiger partial charge in [-0.25, -0.2) is 26.5 Å². The van der Waals surface area contributed by atoms with Crippen molar-refractivity contribution in [3.8, 4) is 0 Å². The summed E-state index contributed by atoms with van der Waals surface area (Å²) in [6.07, 6.45) is 1.26. The van der Waals surface area contributed by atoms with Crippen LogP contribution >= 0.6 is 11.3 Å². The van der Waals surface area contributed by atoms with E-state index in [4.69, 9.17) is 0 Å². The fourth-order valence-corrected chi connectivity index (χ4v) is 5.71. The quantitative estimate of drug-likeness (QED) is 0.766. The smallest absolute Gasteiger partial charge is 0.218 e. The molecule has 2 aromatic rings. The van der Waals surface area contributed by atoms with E-state index in [-0.39, 0.29) is 17.4 Å². The number of rotatable bonds is 6. The maximum atomic E-state index is 13.3. The Hall–Kier alpha value is -1.91. The van der Waals surface area contributed by atoms with E-state index in [1.807, 2.05) is 5.38 Å². The topological polar surface area (TPSA) is 79.4 Å². The summed E-state index contributed by atoms with van der Waals surface area (Å²) >= 11 is 1.51. The van der Waals surface area contributed by atoms with Crippen LogP contribution in [0.25, 0.3) is 0 Å². The van der Waals surface area contributed by atoms with Crippen molar-refractivity contribution in [3.63, 3.8) is 0 Å². The Morgan fingerprint density at radius 2 is 1.89 bits per heavy atom. The van der Waals surface area contributed by atoms with Gasteiger partial charge < -0.3 is 5.32 Å². The van der Waals surface area contributed by atoms with Gasteiger partial charge in [0, 0.05) is 37.4 Å². The molecule has 0 unspecified atom stereocenters. The van der Waals surface area contributed by atoms with Crippen molar-refractivity contribution in [3.05, 3.63) is 51.5 Å². The number of sulfonamides is 1. The van der Waals surface area contributed by atoms with E-state index in [9.17, 15) is 22.0 Å². The molecule has 10 heteroatoms. The first-order valence-corrected chi connectivity index (χ1v) is 11.3. The van der Waals surface area contributed by atoms with Gasteiger partial charge in [-0.05, 0) is 30.5 Å². The summed E-state index contributed by atoms with van der Waals surface area (Å²) in [5, 5.41) is 5.53. The molecule has 152 valence electrons. The minimum absolute atomic E-state index is 0.0992. The number of hydrogen-bond donors (Lipinski definition) is 1. The van der Waals surface area contributed by atoms with Gasteiger partial charge in [-0.3, -0.25) is 4.79 Å². The molecule has 1 fully saturated rings. The van der Waals surface area contributed by atoms with E-state index >= 15 is 0 Å². The normalized spacial score (nSPS) is 16.2. The lowest BCUT2D eigenvalue weighted by molar-refractivity contribution is -0.119. The lowest BCUT2D eigenvalue weighted by Gasteiger charge is -2.30. The van der Waals surface area contributed by atoms with Crippen LogP contribution in [0, 0.1) is 11.6 Å². The first kappa shape index (κ1) is 20.8. The van der Waals surface area contributed by atoms with Crippen molar-refractivity contribution in [2.75, 3.05) is 13.1 Å². The van der Waals surface area contributed by atoms with Crippen LogP contribution in [0.1, 0.15) is 41.9 Å². The van der Waals surface area contributed by atoms with Crippen LogP contribution in [0.3, 0.4) is 0 Å². The lowest BCUT2D eigenvalue weighted by atomic mass is 9.99. The molecule has 28 heavy (non-hydrogen) atoms.